The van der Waals surface area contributed by atoms with Crippen LogP contribution in [0.1, 0.15) is 45.9 Å². The molecule has 1 atom stereocenters. The molecule has 2 rings (SSSR count). The van der Waals surface area contributed by atoms with Crippen LogP contribution in [-0.2, 0) is 4.74 Å². The van der Waals surface area contributed by atoms with Gasteiger partial charge in [0.1, 0.15) is 0 Å². The molecule has 0 aliphatic rings. The van der Waals surface area contributed by atoms with Crippen LogP contribution in [0.15, 0.2) is 23.4 Å². The lowest BCUT2D eigenvalue weighted by Gasteiger charge is -2.21. The quantitative estimate of drug-likeness (QED) is 0.592. The number of nitrogens with one attached hydrogen (secondary N) is 1. The van der Waals surface area contributed by atoms with Gasteiger partial charge in [-0.3, -0.25) is 4.79 Å². The molecule has 134 valence electrons. The third kappa shape index (κ3) is 3.78. The van der Waals surface area contributed by atoms with Gasteiger partial charge in [-0.25, -0.2) is 9.78 Å². The van der Waals surface area contributed by atoms with Crippen molar-refractivity contribution in [1.29, 1.82) is 0 Å². The lowest BCUT2D eigenvalue weighted by molar-refractivity contribution is 0.0581. The van der Waals surface area contributed by atoms with Crippen LogP contribution in [0.4, 0.5) is 0 Å². The third-order valence-electron chi connectivity index (χ3n) is 3.74. The fourth-order valence-corrected chi connectivity index (χ4v) is 3.22. The number of hydrogen-bond acceptors (Lipinski definition) is 5. The van der Waals surface area contributed by atoms with Crippen LogP contribution < -0.4 is 5.32 Å². The molecule has 1 aromatic carbocycles. The summed E-state index contributed by atoms with van der Waals surface area (Å²) in [5, 5.41) is 3.50. The van der Waals surface area contributed by atoms with Gasteiger partial charge in [-0.1, -0.05) is 36.2 Å². The normalized spacial score (nSPS) is 11.9. The molecule has 0 spiro atoms. The molecule has 0 radical (unpaired) electrons. The summed E-state index contributed by atoms with van der Waals surface area (Å²) in [6, 6.07) is 4.86. The molecule has 0 fully saturated rings. The Labute approximate surface area is 160 Å². The first-order chi connectivity index (χ1) is 11.8. The van der Waals surface area contributed by atoms with E-state index in [-0.39, 0.29) is 22.6 Å². The van der Waals surface area contributed by atoms with E-state index in [1.165, 1.54) is 14.2 Å². The van der Waals surface area contributed by atoms with E-state index >= 15 is 0 Å². The number of halogens is 2. The van der Waals surface area contributed by atoms with Crippen molar-refractivity contribution in [3.8, 4) is 0 Å². The summed E-state index contributed by atoms with van der Waals surface area (Å²) in [4.78, 5) is 28.6. The van der Waals surface area contributed by atoms with Crippen molar-refractivity contribution in [2.45, 2.75) is 24.5 Å². The first kappa shape index (κ1) is 19.6. The highest BCUT2D eigenvalue weighted by molar-refractivity contribution is 7.80. The lowest BCUT2D eigenvalue weighted by Crippen LogP contribution is -2.24. The van der Waals surface area contributed by atoms with Crippen molar-refractivity contribution in [2.75, 3.05) is 14.2 Å². The van der Waals surface area contributed by atoms with Crippen LogP contribution in [0.3, 0.4) is 0 Å². The minimum atomic E-state index is -0.676. The number of carbonyl (C=O) groups is 2. The van der Waals surface area contributed by atoms with Crippen molar-refractivity contribution in [3.63, 3.8) is 0 Å². The van der Waals surface area contributed by atoms with E-state index in [2.05, 4.69) is 22.9 Å². The Kier molecular flexibility index (Phi) is 6.37. The highest BCUT2D eigenvalue weighted by Gasteiger charge is 2.30. The number of benzene rings is 1. The van der Waals surface area contributed by atoms with Crippen LogP contribution >= 0.6 is 35.8 Å². The van der Waals surface area contributed by atoms with Crippen LogP contribution in [0.2, 0.25) is 10.0 Å². The molecule has 1 unspecified atom stereocenters. The van der Waals surface area contributed by atoms with Gasteiger partial charge < -0.3 is 14.6 Å². The number of ether oxygens (including phenoxy) is 1. The van der Waals surface area contributed by atoms with E-state index in [1.807, 2.05) is 6.92 Å². The van der Waals surface area contributed by atoms with Crippen molar-refractivity contribution in [2.24, 2.45) is 0 Å². The molecule has 0 saturated carbocycles. The minimum absolute atomic E-state index is 0.0322. The maximum atomic E-state index is 12.3. The highest BCUT2D eigenvalue weighted by Crippen LogP contribution is 2.32. The predicted octanol–water partition coefficient (Wildman–Crippen LogP) is 3.62. The number of methoxy groups -OCH3 is 1. The summed E-state index contributed by atoms with van der Waals surface area (Å²) >= 11 is 16.4. The summed E-state index contributed by atoms with van der Waals surface area (Å²) in [7, 11) is 2.70. The largest absolute Gasteiger partial charge is 0.464 e. The smallest absolute Gasteiger partial charge is 0.357 e. The number of hydrogen-bond donors (Lipinski definition) is 2. The molecule has 2 aromatic rings. The van der Waals surface area contributed by atoms with Crippen LogP contribution in [0.5, 0.6) is 0 Å². The number of esters is 1. The second-order valence-electron chi connectivity index (χ2n) is 5.15. The minimum Gasteiger partial charge on any atom is -0.464 e. The van der Waals surface area contributed by atoms with E-state index in [1.54, 1.807) is 22.8 Å². The van der Waals surface area contributed by atoms with Gasteiger partial charge in [0.2, 0.25) is 0 Å². The standard InChI is InChI=1S/C16H17Cl2N3O3S/c1-4-11(8-5-6-9(17)10(18)7-8)21-13(15(23)24-3)12(14(22)19-2)20-16(21)25/h5-7,11H,4H2,1-3H3,(H,19,22)(H,20,25). The molecule has 25 heavy (non-hydrogen) atoms. The zero-order valence-corrected chi connectivity index (χ0v) is 16.2. The molecule has 1 N–H and O–H groups in total. The summed E-state index contributed by atoms with van der Waals surface area (Å²) in [5.74, 6) is -1.18. The summed E-state index contributed by atoms with van der Waals surface area (Å²) < 4.78 is 6.41. The summed E-state index contributed by atoms with van der Waals surface area (Å²) in [6.45, 7) is 1.93. The fourth-order valence-electron chi connectivity index (χ4n) is 2.57. The topological polar surface area (TPSA) is 73.2 Å². The van der Waals surface area contributed by atoms with Gasteiger partial charge in [0.15, 0.2) is 16.5 Å². The van der Waals surface area contributed by atoms with Crippen molar-refractivity contribution in [3.05, 3.63) is 45.2 Å². The SMILES string of the molecule is CCC(c1ccc(Cl)c(Cl)c1)n1c(S)nc(C(=O)NC)c1C(=O)OC. The predicted molar refractivity (Wildman–Crippen MR) is 99.1 cm³/mol. The van der Waals surface area contributed by atoms with Gasteiger partial charge >= 0.3 is 5.97 Å². The Bertz CT molecular complexity index is 823. The maximum Gasteiger partial charge on any atom is 0.357 e. The van der Waals surface area contributed by atoms with Crippen LogP contribution in [0.25, 0.3) is 0 Å². The zero-order valence-electron chi connectivity index (χ0n) is 13.8. The average molecular weight is 402 g/mol. The van der Waals surface area contributed by atoms with Crippen molar-refractivity contribution >= 4 is 47.7 Å². The van der Waals surface area contributed by atoms with E-state index in [4.69, 9.17) is 27.9 Å². The molecule has 9 heteroatoms. The number of amides is 1. The van der Waals surface area contributed by atoms with E-state index < -0.39 is 11.9 Å². The first-order valence-corrected chi connectivity index (χ1v) is 8.62. The molecule has 1 heterocycles. The maximum absolute atomic E-state index is 12.3. The first-order valence-electron chi connectivity index (χ1n) is 7.42. The highest BCUT2D eigenvalue weighted by atomic mass is 35.5. The molecule has 0 bridgehead atoms. The molecule has 6 nitrogen and oxygen atoms in total. The molecule has 1 aromatic heterocycles. The molecular weight excluding hydrogens is 385 g/mol. The second kappa shape index (κ2) is 8.12. The van der Waals surface area contributed by atoms with Gasteiger partial charge in [-0.2, -0.15) is 0 Å². The summed E-state index contributed by atoms with van der Waals surface area (Å²) in [5.41, 5.74) is 0.792. The Balaban J connectivity index is 2.69. The molecule has 0 aliphatic heterocycles. The van der Waals surface area contributed by atoms with Gasteiger partial charge in [0, 0.05) is 7.05 Å². The van der Waals surface area contributed by atoms with Gasteiger partial charge in [-0.05, 0) is 24.1 Å². The summed E-state index contributed by atoms with van der Waals surface area (Å²) in [6.07, 6.45) is 0.596. The molecule has 1 amide bonds. The Morgan fingerprint density at radius 1 is 1.36 bits per heavy atom. The van der Waals surface area contributed by atoms with E-state index in [9.17, 15) is 9.59 Å². The number of aromatic nitrogens is 2. The van der Waals surface area contributed by atoms with Crippen molar-refractivity contribution < 1.29 is 14.3 Å². The van der Waals surface area contributed by atoms with Gasteiger partial charge in [0.05, 0.1) is 23.2 Å². The number of nitrogens with zero attached hydrogens (tertiary/aromatic N) is 2. The van der Waals surface area contributed by atoms with E-state index in [0.29, 0.717) is 16.5 Å². The van der Waals surface area contributed by atoms with Crippen LogP contribution in [0, 0.1) is 0 Å². The number of rotatable bonds is 5. The van der Waals surface area contributed by atoms with Crippen molar-refractivity contribution in [1.82, 2.24) is 14.9 Å². The third-order valence-corrected chi connectivity index (χ3v) is 4.79. The number of thiol groups is 1. The Hall–Kier alpha value is -1.70. The second-order valence-corrected chi connectivity index (χ2v) is 6.36. The molecular formula is C16H17Cl2N3O3S. The van der Waals surface area contributed by atoms with Gasteiger partial charge in [0.25, 0.3) is 5.91 Å². The number of carbonyl (C=O) groups excluding carboxylic acids is 2. The van der Waals surface area contributed by atoms with Gasteiger partial charge in [-0.15, -0.1) is 12.6 Å². The zero-order chi connectivity index (χ0) is 18.7. The Morgan fingerprint density at radius 2 is 2.04 bits per heavy atom. The van der Waals surface area contributed by atoms with E-state index in [0.717, 1.165) is 5.56 Å². The average Bonchev–Trinajstić information content (AvgIpc) is 2.94. The number of imidazole rings is 1. The fraction of sp³-hybridized carbons (Fsp3) is 0.312. The Morgan fingerprint density at radius 3 is 2.56 bits per heavy atom. The molecule has 0 aliphatic carbocycles. The lowest BCUT2D eigenvalue weighted by atomic mass is 10.0. The molecule has 0 saturated heterocycles. The monoisotopic (exact) mass is 401 g/mol. The van der Waals surface area contributed by atoms with Crippen LogP contribution in [-0.4, -0.2) is 35.6 Å².